The highest BCUT2D eigenvalue weighted by molar-refractivity contribution is 7.07. The van der Waals surface area contributed by atoms with Crippen LogP contribution in [0.1, 0.15) is 44.9 Å². The average molecular weight is 725 g/mol. The fraction of sp³-hybridized carbons (Fsp3) is 0.211. The van der Waals surface area contributed by atoms with E-state index in [2.05, 4.69) is 4.99 Å². The van der Waals surface area contributed by atoms with E-state index in [1.807, 2.05) is 67.7 Å². The summed E-state index contributed by atoms with van der Waals surface area (Å²) in [6.45, 7) is 6.56. The highest BCUT2D eigenvalue weighted by Crippen LogP contribution is 2.36. The van der Waals surface area contributed by atoms with Gasteiger partial charge in [-0.2, -0.15) is 5.10 Å². The van der Waals surface area contributed by atoms with Crippen LogP contribution < -0.4 is 29.1 Å². The average Bonchev–Trinajstić information content (AvgIpc) is 3.68. The van der Waals surface area contributed by atoms with E-state index in [0.29, 0.717) is 38.5 Å². The molecule has 0 aliphatic carbocycles. The van der Waals surface area contributed by atoms with Crippen molar-refractivity contribution in [3.8, 4) is 34.2 Å². The van der Waals surface area contributed by atoms with Crippen molar-refractivity contribution in [2.45, 2.75) is 33.7 Å². The Morgan fingerprint density at radius 3 is 2.29 bits per heavy atom. The van der Waals surface area contributed by atoms with Gasteiger partial charge in [-0.15, -0.1) is 0 Å². The second-order valence-corrected chi connectivity index (χ2v) is 12.3. The number of benzene rings is 3. The molecule has 3 aromatic carbocycles. The van der Waals surface area contributed by atoms with E-state index < -0.39 is 23.9 Å². The van der Waals surface area contributed by atoms with Gasteiger partial charge < -0.3 is 24.1 Å². The van der Waals surface area contributed by atoms with Crippen molar-refractivity contribution in [2.24, 2.45) is 4.99 Å². The maximum atomic E-state index is 14.3. The van der Waals surface area contributed by atoms with Gasteiger partial charge in [-0.1, -0.05) is 35.6 Å². The molecule has 6 rings (SSSR count). The number of carbonyl (C=O) groups is 3. The maximum Gasteiger partial charge on any atom is 0.338 e. The van der Waals surface area contributed by atoms with Crippen LogP contribution in [0.5, 0.6) is 17.2 Å². The molecule has 1 atom stereocenters. The summed E-state index contributed by atoms with van der Waals surface area (Å²) >= 11 is 1.20. The van der Waals surface area contributed by atoms with Gasteiger partial charge in [0.15, 0.2) is 16.3 Å². The predicted molar refractivity (Wildman–Crippen MR) is 194 cm³/mol. The first-order valence-corrected chi connectivity index (χ1v) is 16.8. The van der Waals surface area contributed by atoms with E-state index >= 15 is 0 Å². The molecule has 2 aromatic heterocycles. The van der Waals surface area contributed by atoms with Gasteiger partial charge in [-0.25, -0.2) is 14.5 Å². The van der Waals surface area contributed by atoms with Crippen molar-refractivity contribution in [2.75, 3.05) is 20.8 Å². The van der Waals surface area contributed by atoms with Crippen LogP contribution in [0.25, 0.3) is 23.0 Å². The monoisotopic (exact) mass is 724 g/mol. The van der Waals surface area contributed by atoms with Gasteiger partial charge in [0.2, 0.25) is 0 Å². The van der Waals surface area contributed by atoms with Crippen LogP contribution in [0.2, 0.25) is 0 Å². The highest BCUT2D eigenvalue weighted by atomic mass is 32.1. The Morgan fingerprint density at radius 1 is 0.981 bits per heavy atom. The topological polar surface area (TPSA) is 161 Å². The molecular weight excluding hydrogens is 689 g/mol. The number of hydrogen-bond donors (Lipinski definition) is 1. The number of hydrogen-bond acceptors (Lipinski definition) is 11. The summed E-state index contributed by atoms with van der Waals surface area (Å²) in [6, 6.07) is 21.3. The van der Waals surface area contributed by atoms with Crippen LogP contribution in [-0.2, 0) is 19.1 Å². The molecule has 1 unspecified atom stereocenters. The quantitative estimate of drug-likeness (QED) is 0.167. The number of para-hydroxylation sites is 1. The van der Waals surface area contributed by atoms with Crippen LogP contribution in [0.4, 0.5) is 0 Å². The number of methoxy groups -OCH3 is 2. The van der Waals surface area contributed by atoms with E-state index in [1.165, 1.54) is 37.0 Å². The first-order valence-electron chi connectivity index (χ1n) is 16.0. The molecule has 1 N–H and O–H groups in total. The standard InChI is InChI=1S/C36H32N4O7S.C2H4O2/c1-6-46-27-15-12-23(13-16-27)32-25(20-39(38-32)26-10-8-7-9-11-26)19-30-34(42)40-33(31(35(43)45-5)21(2)37-36(40)48-30)24-14-17-28(47-22(3)41)29(18-24)44-4;1-2(3)4/h7-20,33H,6H2,1-5H3;1H3,(H,3,4)/b30-19+;. The van der Waals surface area contributed by atoms with Crippen LogP contribution in [0.15, 0.2) is 100 Å². The molecule has 52 heavy (non-hydrogen) atoms. The number of aromatic nitrogens is 3. The van der Waals surface area contributed by atoms with Crippen LogP contribution in [-0.4, -0.2) is 58.2 Å². The number of ether oxygens (including phenoxy) is 4. The smallest absolute Gasteiger partial charge is 0.338 e. The number of nitrogens with zero attached hydrogens (tertiary/aromatic N) is 4. The zero-order chi connectivity index (χ0) is 37.5. The first-order chi connectivity index (χ1) is 24.9. The minimum atomic E-state index is -0.895. The summed E-state index contributed by atoms with van der Waals surface area (Å²) < 4.78 is 25.2. The summed E-state index contributed by atoms with van der Waals surface area (Å²) in [5.74, 6) is -0.760. The Bertz CT molecular complexity index is 2340. The zero-order valence-electron chi connectivity index (χ0n) is 29.3. The Hall–Kier alpha value is -6.28. The zero-order valence-corrected chi connectivity index (χ0v) is 30.1. The molecule has 14 heteroatoms. The van der Waals surface area contributed by atoms with Gasteiger partial charge in [0.25, 0.3) is 11.5 Å². The number of allylic oxidation sites excluding steroid dienone is 1. The van der Waals surface area contributed by atoms with Gasteiger partial charge in [0.05, 0.1) is 48.4 Å². The fourth-order valence-corrected chi connectivity index (χ4v) is 6.59. The van der Waals surface area contributed by atoms with Gasteiger partial charge in [-0.05, 0) is 74.0 Å². The number of carboxylic acid groups (broad SMARTS) is 1. The van der Waals surface area contributed by atoms with Crippen molar-refractivity contribution < 1.29 is 38.4 Å². The summed E-state index contributed by atoms with van der Waals surface area (Å²) in [7, 11) is 2.72. The Balaban J connectivity index is 0.00000124. The Morgan fingerprint density at radius 2 is 1.67 bits per heavy atom. The molecule has 0 bridgehead atoms. The highest BCUT2D eigenvalue weighted by Gasteiger charge is 2.34. The van der Waals surface area contributed by atoms with Crippen molar-refractivity contribution >= 4 is 35.3 Å². The molecule has 0 saturated carbocycles. The molecule has 0 saturated heterocycles. The number of rotatable bonds is 9. The summed E-state index contributed by atoms with van der Waals surface area (Å²) in [6.07, 6.45) is 3.67. The number of esters is 2. The van der Waals surface area contributed by atoms with Crippen molar-refractivity contribution in [3.63, 3.8) is 0 Å². The molecule has 0 fully saturated rings. The largest absolute Gasteiger partial charge is 0.494 e. The summed E-state index contributed by atoms with van der Waals surface area (Å²) in [5, 5.41) is 12.3. The lowest BCUT2D eigenvalue weighted by atomic mass is 9.95. The third kappa shape index (κ3) is 8.02. The molecule has 5 aromatic rings. The Kier molecular flexibility index (Phi) is 11.5. The number of fused-ring (bicyclic) bond motifs is 1. The lowest BCUT2D eigenvalue weighted by molar-refractivity contribution is -0.137. The Labute approximate surface area is 302 Å². The van der Waals surface area contributed by atoms with Crippen molar-refractivity contribution in [1.29, 1.82) is 0 Å². The third-order valence-electron chi connectivity index (χ3n) is 7.67. The number of carbonyl (C=O) groups excluding carboxylic acids is 2. The van der Waals surface area contributed by atoms with Gasteiger partial charge >= 0.3 is 11.9 Å². The summed E-state index contributed by atoms with van der Waals surface area (Å²) in [5.41, 5.74) is 3.87. The lowest BCUT2D eigenvalue weighted by Gasteiger charge is -2.25. The predicted octanol–water partition coefficient (Wildman–Crippen LogP) is 4.68. The SMILES string of the molecule is CC(=O)O.CCOc1ccc(-c2nn(-c3ccccc3)cc2/C=c2/sc3n(c2=O)C(c2ccc(OC(C)=O)c(OC)c2)C(C(=O)OC)=C(C)N=3)cc1. The first kappa shape index (κ1) is 37.0. The molecule has 268 valence electrons. The molecular formula is C38H36N4O9S. The van der Waals surface area contributed by atoms with Crippen LogP contribution in [0.3, 0.4) is 0 Å². The van der Waals surface area contributed by atoms with E-state index in [1.54, 1.807) is 35.9 Å². The fourth-order valence-electron chi connectivity index (χ4n) is 5.55. The van der Waals surface area contributed by atoms with Gasteiger partial charge in [0, 0.05) is 31.2 Å². The molecule has 1 aliphatic heterocycles. The maximum absolute atomic E-state index is 14.3. The van der Waals surface area contributed by atoms with Gasteiger partial charge in [0.1, 0.15) is 11.4 Å². The molecule has 1 aliphatic rings. The lowest BCUT2D eigenvalue weighted by Crippen LogP contribution is -2.39. The minimum absolute atomic E-state index is 0.200. The van der Waals surface area contributed by atoms with E-state index in [0.717, 1.165) is 23.9 Å². The second kappa shape index (κ2) is 16.2. The minimum Gasteiger partial charge on any atom is -0.494 e. The molecule has 3 heterocycles. The molecule has 0 amide bonds. The number of carboxylic acids is 1. The second-order valence-electron chi connectivity index (χ2n) is 11.3. The van der Waals surface area contributed by atoms with Gasteiger partial charge in [-0.3, -0.25) is 19.0 Å². The molecule has 0 radical (unpaired) electrons. The number of thiazole rings is 1. The normalized spacial score (nSPS) is 13.7. The third-order valence-corrected chi connectivity index (χ3v) is 8.66. The van der Waals surface area contributed by atoms with Crippen molar-refractivity contribution in [3.05, 3.63) is 121 Å². The van der Waals surface area contributed by atoms with E-state index in [-0.39, 0.29) is 22.6 Å². The summed E-state index contributed by atoms with van der Waals surface area (Å²) in [4.78, 5) is 53.2. The van der Waals surface area contributed by atoms with E-state index in [4.69, 9.17) is 33.9 Å². The number of aliphatic carboxylic acids is 1. The van der Waals surface area contributed by atoms with Crippen LogP contribution >= 0.6 is 11.3 Å². The molecule has 13 nitrogen and oxygen atoms in total. The molecule has 0 spiro atoms. The van der Waals surface area contributed by atoms with Crippen LogP contribution in [0, 0.1) is 0 Å². The van der Waals surface area contributed by atoms with E-state index in [9.17, 15) is 14.4 Å². The van der Waals surface area contributed by atoms with Crippen molar-refractivity contribution in [1.82, 2.24) is 14.3 Å².